The van der Waals surface area contributed by atoms with Gasteiger partial charge in [-0.1, -0.05) is 42.0 Å². The Morgan fingerprint density at radius 1 is 0.838 bits per heavy atom. The fraction of sp³-hybridized carbons (Fsp3) is 0.367. The molecule has 7 heteroatoms. The summed E-state index contributed by atoms with van der Waals surface area (Å²) in [4.78, 5) is 17.5. The Balaban J connectivity index is 1.41. The van der Waals surface area contributed by atoms with Gasteiger partial charge >= 0.3 is 0 Å². The molecule has 1 heterocycles. The lowest BCUT2D eigenvalue weighted by Gasteiger charge is -2.36. The number of aryl methyl sites for hydroxylation is 1. The number of carbonyl (C=O) groups is 1. The number of amides is 1. The first-order valence-corrected chi connectivity index (χ1v) is 12.6. The van der Waals surface area contributed by atoms with Gasteiger partial charge in [0.2, 0.25) is 0 Å². The second kappa shape index (κ2) is 12.6. The van der Waals surface area contributed by atoms with Crippen LogP contribution in [0.5, 0.6) is 17.2 Å². The predicted octanol–water partition coefficient (Wildman–Crippen LogP) is 4.74. The smallest absolute Gasteiger partial charge is 0.257 e. The van der Waals surface area contributed by atoms with E-state index in [0.717, 1.165) is 36.5 Å². The van der Waals surface area contributed by atoms with Crippen LogP contribution in [0.3, 0.4) is 0 Å². The van der Waals surface area contributed by atoms with Crippen molar-refractivity contribution in [3.05, 3.63) is 89.0 Å². The quantitative estimate of drug-likeness (QED) is 0.398. The summed E-state index contributed by atoms with van der Waals surface area (Å²) in [5, 5.41) is 0. The number of ether oxygens (including phenoxy) is 4. The summed E-state index contributed by atoms with van der Waals surface area (Å²) in [6.45, 7) is 6.13. The van der Waals surface area contributed by atoms with Gasteiger partial charge in [0, 0.05) is 38.8 Å². The van der Waals surface area contributed by atoms with Crippen molar-refractivity contribution in [3.8, 4) is 17.2 Å². The number of rotatable bonds is 10. The maximum Gasteiger partial charge on any atom is 0.257 e. The Bertz CT molecular complexity index is 1170. The maximum absolute atomic E-state index is 13.2. The normalized spacial score (nSPS) is 14.8. The average Bonchev–Trinajstić information content (AvgIpc) is 2.95. The lowest BCUT2D eigenvalue weighted by molar-refractivity contribution is 0.00330. The third-order valence-electron chi connectivity index (χ3n) is 6.76. The van der Waals surface area contributed by atoms with E-state index in [0.29, 0.717) is 36.8 Å². The van der Waals surface area contributed by atoms with Gasteiger partial charge in [-0.3, -0.25) is 9.69 Å². The van der Waals surface area contributed by atoms with E-state index >= 15 is 0 Å². The molecule has 1 amide bonds. The van der Waals surface area contributed by atoms with Gasteiger partial charge in [-0.05, 0) is 42.3 Å². The second-order valence-corrected chi connectivity index (χ2v) is 9.22. The van der Waals surface area contributed by atoms with Gasteiger partial charge in [-0.15, -0.1) is 0 Å². The van der Waals surface area contributed by atoms with Gasteiger partial charge in [0.05, 0.1) is 39.6 Å². The van der Waals surface area contributed by atoms with Crippen LogP contribution in [0.4, 0.5) is 0 Å². The molecule has 0 aliphatic carbocycles. The van der Waals surface area contributed by atoms with Gasteiger partial charge in [0.1, 0.15) is 17.2 Å². The lowest BCUT2D eigenvalue weighted by atomic mass is 10.1. The van der Waals surface area contributed by atoms with Crippen molar-refractivity contribution in [1.29, 1.82) is 0 Å². The highest BCUT2D eigenvalue weighted by Crippen LogP contribution is 2.28. The molecule has 1 fully saturated rings. The van der Waals surface area contributed by atoms with Gasteiger partial charge in [-0.2, -0.15) is 0 Å². The predicted molar refractivity (Wildman–Crippen MR) is 144 cm³/mol. The van der Waals surface area contributed by atoms with Crippen molar-refractivity contribution < 1.29 is 23.7 Å². The van der Waals surface area contributed by atoms with Crippen molar-refractivity contribution in [1.82, 2.24) is 9.80 Å². The summed E-state index contributed by atoms with van der Waals surface area (Å²) in [7, 11) is 4.84. The zero-order valence-electron chi connectivity index (χ0n) is 22.1. The van der Waals surface area contributed by atoms with Gasteiger partial charge in [0.25, 0.3) is 5.91 Å². The van der Waals surface area contributed by atoms with Crippen molar-refractivity contribution in [2.45, 2.75) is 19.6 Å². The van der Waals surface area contributed by atoms with Crippen molar-refractivity contribution in [2.24, 2.45) is 0 Å². The molecule has 3 aromatic carbocycles. The first kappa shape index (κ1) is 26.5. The SMILES string of the molecule is COc1cccc([C@H](CN2CCN(C(=O)c3ccc(OC)cc3OC)CC2)OCc2ccc(C)cc2)c1. The number of carbonyl (C=O) groups excluding carboxylic acids is 1. The largest absolute Gasteiger partial charge is 0.497 e. The number of piperazine rings is 1. The second-order valence-electron chi connectivity index (χ2n) is 9.22. The van der Waals surface area contributed by atoms with Gasteiger partial charge in [0.15, 0.2) is 0 Å². The van der Waals surface area contributed by atoms with E-state index < -0.39 is 0 Å². The molecule has 37 heavy (non-hydrogen) atoms. The van der Waals surface area contributed by atoms with E-state index in [2.05, 4.69) is 42.2 Å². The van der Waals surface area contributed by atoms with E-state index in [-0.39, 0.29) is 12.0 Å². The monoisotopic (exact) mass is 504 g/mol. The van der Waals surface area contributed by atoms with Crippen LogP contribution in [-0.4, -0.2) is 69.8 Å². The van der Waals surface area contributed by atoms with Crippen LogP contribution in [0.2, 0.25) is 0 Å². The number of hydrogen-bond acceptors (Lipinski definition) is 6. The van der Waals surface area contributed by atoms with Crippen LogP contribution in [0.15, 0.2) is 66.7 Å². The van der Waals surface area contributed by atoms with Crippen LogP contribution in [0, 0.1) is 6.92 Å². The molecule has 0 saturated carbocycles. The minimum absolute atomic E-state index is 0.0286. The van der Waals surface area contributed by atoms with Crippen molar-refractivity contribution >= 4 is 5.91 Å². The average molecular weight is 505 g/mol. The summed E-state index contributed by atoms with van der Waals surface area (Å²) >= 11 is 0. The first-order valence-electron chi connectivity index (χ1n) is 12.6. The van der Waals surface area contributed by atoms with Crippen molar-refractivity contribution in [2.75, 3.05) is 54.1 Å². The third kappa shape index (κ3) is 6.81. The number of benzene rings is 3. The Morgan fingerprint density at radius 2 is 1.54 bits per heavy atom. The van der Waals surface area contributed by atoms with E-state index in [4.69, 9.17) is 18.9 Å². The van der Waals surface area contributed by atoms with Crippen LogP contribution < -0.4 is 14.2 Å². The molecule has 0 unspecified atom stereocenters. The van der Waals surface area contributed by atoms with Crippen LogP contribution in [0.25, 0.3) is 0 Å². The molecular weight excluding hydrogens is 468 g/mol. The zero-order chi connectivity index (χ0) is 26.2. The summed E-state index contributed by atoms with van der Waals surface area (Å²) in [6.07, 6.45) is -0.125. The molecule has 1 atom stereocenters. The molecule has 0 spiro atoms. The highest BCUT2D eigenvalue weighted by molar-refractivity contribution is 5.97. The number of nitrogens with zero attached hydrogens (tertiary/aromatic N) is 2. The Labute approximate surface area is 219 Å². The van der Waals surface area contributed by atoms with E-state index in [1.807, 2.05) is 23.1 Å². The molecule has 4 rings (SSSR count). The van der Waals surface area contributed by atoms with E-state index in [1.54, 1.807) is 39.5 Å². The minimum atomic E-state index is -0.125. The molecule has 7 nitrogen and oxygen atoms in total. The molecule has 1 aliphatic rings. The summed E-state index contributed by atoms with van der Waals surface area (Å²) < 4.78 is 22.6. The highest BCUT2D eigenvalue weighted by Gasteiger charge is 2.26. The fourth-order valence-corrected chi connectivity index (χ4v) is 4.49. The lowest BCUT2D eigenvalue weighted by Crippen LogP contribution is -2.49. The molecule has 0 bridgehead atoms. The summed E-state index contributed by atoms with van der Waals surface area (Å²) in [5.41, 5.74) is 4.00. The summed E-state index contributed by atoms with van der Waals surface area (Å²) in [6, 6.07) is 21.8. The van der Waals surface area contributed by atoms with Crippen LogP contribution >= 0.6 is 0 Å². The Morgan fingerprint density at radius 3 is 2.22 bits per heavy atom. The molecule has 3 aromatic rings. The Kier molecular flexibility index (Phi) is 9.04. The molecule has 0 aromatic heterocycles. The molecular formula is C30H36N2O5. The molecule has 196 valence electrons. The minimum Gasteiger partial charge on any atom is -0.497 e. The molecule has 1 aliphatic heterocycles. The Hall–Kier alpha value is -3.55. The van der Waals surface area contributed by atoms with Gasteiger partial charge in [-0.25, -0.2) is 0 Å². The maximum atomic E-state index is 13.2. The number of methoxy groups -OCH3 is 3. The van der Waals surface area contributed by atoms with Crippen LogP contribution in [-0.2, 0) is 11.3 Å². The summed E-state index contributed by atoms with van der Waals surface area (Å²) in [5.74, 6) is 1.96. The fourth-order valence-electron chi connectivity index (χ4n) is 4.49. The van der Waals surface area contributed by atoms with Crippen molar-refractivity contribution in [3.63, 3.8) is 0 Å². The van der Waals surface area contributed by atoms with E-state index in [9.17, 15) is 4.79 Å². The molecule has 1 saturated heterocycles. The van der Waals surface area contributed by atoms with Crippen LogP contribution in [0.1, 0.15) is 33.2 Å². The molecule has 0 N–H and O–H groups in total. The van der Waals surface area contributed by atoms with Gasteiger partial charge < -0.3 is 23.8 Å². The van der Waals surface area contributed by atoms with E-state index in [1.165, 1.54) is 5.56 Å². The number of hydrogen-bond donors (Lipinski definition) is 0. The first-order chi connectivity index (χ1) is 18.0. The zero-order valence-corrected chi connectivity index (χ0v) is 22.1. The third-order valence-corrected chi connectivity index (χ3v) is 6.76. The topological polar surface area (TPSA) is 60.5 Å². The molecule has 0 radical (unpaired) electrons. The highest BCUT2D eigenvalue weighted by atomic mass is 16.5. The standard InChI is InChI=1S/C30H36N2O5/c1-22-8-10-23(11-9-22)21-37-29(24-6-5-7-25(18-24)34-2)20-31-14-16-32(17-15-31)30(33)27-13-12-26(35-3)19-28(27)36-4/h5-13,18-19,29H,14-17,20-21H2,1-4H3/t29-/m0/s1.